The summed E-state index contributed by atoms with van der Waals surface area (Å²) in [5.74, 6) is 0.823. The van der Waals surface area contributed by atoms with E-state index in [0.29, 0.717) is 12.1 Å². The van der Waals surface area contributed by atoms with Crippen molar-refractivity contribution in [2.24, 2.45) is 5.73 Å². The van der Waals surface area contributed by atoms with Gasteiger partial charge in [0.05, 0.1) is 12.1 Å². The van der Waals surface area contributed by atoms with Gasteiger partial charge in [-0.15, -0.1) is 0 Å². The zero-order valence-corrected chi connectivity index (χ0v) is 11.0. The summed E-state index contributed by atoms with van der Waals surface area (Å²) < 4.78 is 0. The van der Waals surface area contributed by atoms with E-state index in [-0.39, 0.29) is 0 Å². The Hall–Kier alpha value is -0.730. The SMILES string of the molecule is NC(NC1CCCCC1)=[NH+]C1CCCCCC1. The minimum absolute atomic E-state index is 0.605. The topological polar surface area (TPSA) is 52.0 Å². The molecule has 0 unspecified atom stereocenters. The van der Waals surface area contributed by atoms with Gasteiger partial charge in [0.1, 0.15) is 0 Å². The molecule has 0 aromatic rings. The second-order valence-corrected chi connectivity index (χ2v) is 5.73. The molecule has 2 aliphatic rings. The molecule has 98 valence electrons. The highest BCUT2D eigenvalue weighted by Crippen LogP contribution is 2.17. The Bertz CT molecular complexity index is 236. The maximum absolute atomic E-state index is 6.08. The summed E-state index contributed by atoms with van der Waals surface area (Å²) in [7, 11) is 0. The summed E-state index contributed by atoms with van der Waals surface area (Å²) in [6.07, 6.45) is 14.8. The Morgan fingerprint density at radius 1 is 0.824 bits per heavy atom. The Labute approximate surface area is 105 Å². The molecule has 2 saturated carbocycles. The number of hydrogen-bond donors (Lipinski definition) is 3. The van der Waals surface area contributed by atoms with Crippen molar-refractivity contribution in [2.75, 3.05) is 0 Å². The van der Waals surface area contributed by atoms with Gasteiger partial charge in [0.2, 0.25) is 0 Å². The highest BCUT2D eigenvalue weighted by Gasteiger charge is 2.18. The van der Waals surface area contributed by atoms with Gasteiger partial charge in [-0.05, 0) is 25.7 Å². The predicted octanol–water partition coefficient (Wildman–Crippen LogP) is 1.03. The van der Waals surface area contributed by atoms with E-state index in [9.17, 15) is 0 Å². The Morgan fingerprint density at radius 3 is 2.00 bits per heavy atom. The maximum Gasteiger partial charge on any atom is 0.341 e. The molecule has 2 fully saturated rings. The van der Waals surface area contributed by atoms with E-state index < -0.39 is 0 Å². The Kier molecular flexibility index (Phi) is 5.14. The first-order valence-corrected chi connectivity index (χ1v) is 7.50. The summed E-state index contributed by atoms with van der Waals surface area (Å²) >= 11 is 0. The third-order valence-electron chi connectivity index (χ3n) is 4.18. The fourth-order valence-corrected chi connectivity index (χ4v) is 3.15. The third-order valence-corrected chi connectivity index (χ3v) is 4.18. The predicted molar refractivity (Wildman–Crippen MR) is 71.7 cm³/mol. The van der Waals surface area contributed by atoms with Crippen LogP contribution >= 0.6 is 0 Å². The van der Waals surface area contributed by atoms with Crippen LogP contribution in [0.3, 0.4) is 0 Å². The largest absolute Gasteiger partial charge is 0.341 e. The van der Waals surface area contributed by atoms with E-state index in [1.165, 1.54) is 70.6 Å². The summed E-state index contributed by atoms with van der Waals surface area (Å²) in [5.41, 5.74) is 6.08. The van der Waals surface area contributed by atoms with Gasteiger partial charge in [-0.25, -0.2) is 0 Å². The van der Waals surface area contributed by atoms with Gasteiger partial charge in [0, 0.05) is 0 Å². The second kappa shape index (κ2) is 6.87. The van der Waals surface area contributed by atoms with Crippen LogP contribution in [0.4, 0.5) is 0 Å². The number of nitrogens with one attached hydrogen (secondary N) is 2. The Balaban J connectivity index is 1.78. The van der Waals surface area contributed by atoms with Crippen molar-refractivity contribution in [1.82, 2.24) is 5.32 Å². The lowest BCUT2D eigenvalue weighted by molar-refractivity contribution is -0.508. The number of guanidine groups is 1. The fourth-order valence-electron chi connectivity index (χ4n) is 3.15. The van der Waals surface area contributed by atoms with Gasteiger partial charge < -0.3 is 0 Å². The number of hydrogen-bond acceptors (Lipinski definition) is 0. The molecule has 0 spiro atoms. The first-order valence-electron chi connectivity index (χ1n) is 7.50. The van der Waals surface area contributed by atoms with Crippen LogP contribution in [0.1, 0.15) is 70.6 Å². The van der Waals surface area contributed by atoms with Crippen molar-refractivity contribution in [1.29, 1.82) is 0 Å². The molecule has 2 aliphatic carbocycles. The van der Waals surface area contributed by atoms with Gasteiger partial charge in [-0.1, -0.05) is 44.9 Å². The van der Waals surface area contributed by atoms with Crippen LogP contribution in [-0.2, 0) is 0 Å². The van der Waals surface area contributed by atoms with Gasteiger partial charge >= 0.3 is 5.96 Å². The molecule has 17 heavy (non-hydrogen) atoms. The van der Waals surface area contributed by atoms with E-state index in [2.05, 4.69) is 10.3 Å². The van der Waals surface area contributed by atoms with Crippen molar-refractivity contribution in [3.63, 3.8) is 0 Å². The zero-order chi connectivity index (χ0) is 11.9. The quantitative estimate of drug-likeness (QED) is 0.382. The van der Waals surface area contributed by atoms with E-state index in [0.717, 1.165) is 5.96 Å². The van der Waals surface area contributed by atoms with Crippen LogP contribution in [-0.4, -0.2) is 18.0 Å². The van der Waals surface area contributed by atoms with Crippen LogP contribution in [0.15, 0.2) is 0 Å². The molecule has 3 nitrogen and oxygen atoms in total. The van der Waals surface area contributed by atoms with E-state index in [1.54, 1.807) is 0 Å². The molecule has 0 saturated heterocycles. The van der Waals surface area contributed by atoms with Gasteiger partial charge in [-0.3, -0.25) is 16.0 Å². The van der Waals surface area contributed by atoms with Crippen molar-refractivity contribution in [2.45, 2.75) is 82.7 Å². The molecule has 0 aliphatic heterocycles. The molecule has 0 bridgehead atoms. The van der Waals surface area contributed by atoms with Crippen LogP contribution < -0.4 is 16.0 Å². The monoisotopic (exact) mass is 238 g/mol. The Morgan fingerprint density at radius 2 is 1.35 bits per heavy atom. The van der Waals surface area contributed by atoms with Crippen molar-refractivity contribution < 1.29 is 4.99 Å². The fraction of sp³-hybridized carbons (Fsp3) is 0.929. The summed E-state index contributed by atoms with van der Waals surface area (Å²) in [6.45, 7) is 0. The first kappa shape index (κ1) is 12.7. The van der Waals surface area contributed by atoms with E-state index >= 15 is 0 Å². The van der Waals surface area contributed by atoms with Crippen LogP contribution in [0, 0.1) is 0 Å². The molecule has 0 radical (unpaired) electrons. The molecule has 0 aromatic heterocycles. The van der Waals surface area contributed by atoms with Crippen LogP contribution in [0.2, 0.25) is 0 Å². The maximum atomic E-state index is 6.08. The lowest BCUT2D eigenvalue weighted by atomic mass is 9.96. The minimum atomic E-state index is 0.605. The zero-order valence-electron chi connectivity index (χ0n) is 11.0. The first-order chi connectivity index (χ1) is 8.34. The average Bonchev–Trinajstić information content (AvgIpc) is 2.59. The highest BCUT2D eigenvalue weighted by molar-refractivity contribution is 5.72. The molecular formula is C14H28N3+. The number of rotatable bonds is 2. The second-order valence-electron chi connectivity index (χ2n) is 5.73. The molecule has 0 atom stereocenters. The van der Waals surface area contributed by atoms with Crippen LogP contribution in [0.5, 0.6) is 0 Å². The van der Waals surface area contributed by atoms with Crippen LogP contribution in [0.25, 0.3) is 0 Å². The van der Waals surface area contributed by atoms with Crippen molar-refractivity contribution >= 4 is 5.96 Å². The average molecular weight is 238 g/mol. The van der Waals surface area contributed by atoms with Gasteiger partial charge in [-0.2, -0.15) is 0 Å². The van der Waals surface area contributed by atoms with Crippen molar-refractivity contribution in [3.8, 4) is 0 Å². The molecule has 0 heterocycles. The normalized spacial score (nSPS) is 25.5. The molecule has 0 amide bonds. The van der Waals surface area contributed by atoms with E-state index in [1.807, 2.05) is 0 Å². The minimum Gasteiger partial charge on any atom is -0.291 e. The standard InChI is InChI=1S/C14H27N3/c15-14(17-13-10-6-3-7-11-13)16-12-8-4-1-2-5-9-12/h12-13H,1-11H2,(H3,15,16,17)/p+1. The van der Waals surface area contributed by atoms with E-state index in [4.69, 9.17) is 5.73 Å². The van der Waals surface area contributed by atoms with Gasteiger partial charge in [0.15, 0.2) is 0 Å². The summed E-state index contributed by atoms with van der Waals surface area (Å²) in [6, 6.07) is 1.22. The van der Waals surface area contributed by atoms with Gasteiger partial charge in [0.25, 0.3) is 0 Å². The molecular weight excluding hydrogens is 210 g/mol. The van der Waals surface area contributed by atoms with Crippen molar-refractivity contribution in [3.05, 3.63) is 0 Å². The smallest absolute Gasteiger partial charge is 0.291 e. The molecule has 3 heteroatoms. The third kappa shape index (κ3) is 4.57. The summed E-state index contributed by atoms with van der Waals surface area (Å²) in [5, 5.41) is 3.47. The molecule has 0 aromatic carbocycles. The number of nitrogens with two attached hydrogens (primary N) is 1. The molecule has 4 N–H and O–H groups in total. The summed E-state index contributed by atoms with van der Waals surface area (Å²) in [4.78, 5) is 3.49. The lowest BCUT2D eigenvalue weighted by Crippen LogP contribution is -2.84. The lowest BCUT2D eigenvalue weighted by Gasteiger charge is -2.20. The molecule has 2 rings (SSSR count). The highest BCUT2D eigenvalue weighted by atomic mass is 15.1.